The number of hydrogen-bond acceptors (Lipinski definition) is 2. The zero-order valence-electron chi connectivity index (χ0n) is 9.89. The van der Waals surface area contributed by atoms with Gasteiger partial charge in [0.25, 0.3) is 0 Å². The van der Waals surface area contributed by atoms with E-state index in [2.05, 4.69) is 37.2 Å². The van der Waals surface area contributed by atoms with E-state index in [1.54, 1.807) is 0 Å². The van der Waals surface area contributed by atoms with Crippen LogP contribution >= 0.6 is 31.9 Å². The van der Waals surface area contributed by atoms with Crippen LogP contribution in [0.2, 0.25) is 0 Å². The van der Waals surface area contributed by atoms with E-state index in [1.807, 2.05) is 32.0 Å². The number of amides is 1. The molecule has 1 rings (SSSR count). The van der Waals surface area contributed by atoms with Crippen LogP contribution in [0.3, 0.4) is 0 Å². The largest absolute Gasteiger partial charge is 0.370 e. The van der Waals surface area contributed by atoms with E-state index >= 15 is 0 Å². The fourth-order valence-corrected chi connectivity index (χ4v) is 2.16. The molecule has 1 aromatic rings. The predicted octanol–water partition coefficient (Wildman–Crippen LogP) is 2.96. The lowest BCUT2D eigenvalue weighted by Crippen LogP contribution is -2.42. The highest BCUT2D eigenvalue weighted by molar-refractivity contribution is 9.13. The van der Waals surface area contributed by atoms with Gasteiger partial charge in [0.05, 0.1) is 0 Å². The number of nitrogens with one attached hydrogen (secondary N) is 1. The van der Waals surface area contributed by atoms with Crippen molar-refractivity contribution in [2.75, 3.05) is 0 Å². The van der Waals surface area contributed by atoms with E-state index in [0.717, 1.165) is 14.5 Å². The number of rotatable bonds is 5. The summed E-state index contributed by atoms with van der Waals surface area (Å²) in [6, 6.07) is 6.06. The Hall–Kier alpha value is -0.390. The zero-order valence-corrected chi connectivity index (χ0v) is 13.1. The maximum atomic E-state index is 10.9. The molecule has 0 heterocycles. The van der Waals surface area contributed by atoms with Crippen molar-refractivity contribution in [1.82, 2.24) is 5.32 Å². The molecule has 94 valence electrons. The molecular weight excluding hydrogens is 348 g/mol. The van der Waals surface area contributed by atoms with Crippen LogP contribution in [-0.4, -0.2) is 11.4 Å². The van der Waals surface area contributed by atoms with E-state index in [1.165, 1.54) is 0 Å². The Labute approximate surface area is 118 Å². The van der Waals surface area contributed by atoms with Crippen LogP contribution in [0, 0.1) is 0 Å². The summed E-state index contributed by atoms with van der Waals surface area (Å²) in [5, 5.41) is 3.32. The minimum atomic E-state index is -0.292. The number of hydrogen-bond donors (Lipinski definition) is 2. The summed E-state index contributed by atoms with van der Waals surface area (Å²) in [7, 11) is 0. The molecule has 3 nitrogen and oxygen atoms in total. The summed E-state index contributed by atoms with van der Waals surface area (Å²) in [5.74, 6) is -0.292. The van der Waals surface area contributed by atoms with E-state index in [4.69, 9.17) is 5.73 Å². The molecule has 17 heavy (non-hydrogen) atoms. The van der Waals surface area contributed by atoms with Gasteiger partial charge in [-0.3, -0.25) is 4.79 Å². The molecule has 0 unspecified atom stereocenters. The molecule has 5 heteroatoms. The van der Waals surface area contributed by atoms with Crippen LogP contribution in [-0.2, 0) is 11.3 Å². The SMILES string of the molecule is CC(C)(CC(N)=O)NCc1ccc(Br)c(Br)c1. The molecule has 0 atom stereocenters. The van der Waals surface area contributed by atoms with Gasteiger partial charge < -0.3 is 11.1 Å². The van der Waals surface area contributed by atoms with Crippen LogP contribution in [0.15, 0.2) is 27.1 Å². The molecule has 3 N–H and O–H groups in total. The van der Waals surface area contributed by atoms with Crippen LogP contribution in [0.1, 0.15) is 25.8 Å². The van der Waals surface area contributed by atoms with Crippen LogP contribution in [0.4, 0.5) is 0 Å². The molecule has 0 aliphatic carbocycles. The molecular formula is C12H16Br2N2O. The average Bonchev–Trinajstić information content (AvgIpc) is 2.18. The highest BCUT2D eigenvalue weighted by atomic mass is 79.9. The summed E-state index contributed by atoms with van der Waals surface area (Å²) < 4.78 is 2.04. The first-order chi connectivity index (χ1) is 7.80. The Bertz CT molecular complexity index is 419. The molecule has 0 aliphatic heterocycles. The lowest BCUT2D eigenvalue weighted by molar-refractivity contribution is -0.119. The summed E-state index contributed by atoms with van der Waals surface area (Å²) in [5.41, 5.74) is 6.06. The third kappa shape index (κ3) is 5.19. The van der Waals surface area contributed by atoms with Gasteiger partial charge in [-0.1, -0.05) is 6.07 Å². The molecule has 0 bridgehead atoms. The Morgan fingerprint density at radius 3 is 2.53 bits per heavy atom. The minimum Gasteiger partial charge on any atom is -0.370 e. The number of carbonyl (C=O) groups excluding carboxylic acids is 1. The van der Waals surface area contributed by atoms with Crippen LogP contribution in [0.25, 0.3) is 0 Å². The first kappa shape index (κ1) is 14.7. The van der Waals surface area contributed by atoms with Gasteiger partial charge in [-0.2, -0.15) is 0 Å². The summed E-state index contributed by atoms with van der Waals surface area (Å²) in [4.78, 5) is 10.9. The standard InChI is InChI=1S/C12H16Br2N2O/c1-12(2,6-11(15)17)16-7-8-3-4-9(13)10(14)5-8/h3-5,16H,6-7H2,1-2H3,(H2,15,17). The molecule has 0 saturated carbocycles. The lowest BCUT2D eigenvalue weighted by Gasteiger charge is -2.25. The van der Waals surface area contributed by atoms with Gasteiger partial charge in [0.1, 0.15) is 0 Å². The first-order valence-corrected chi connectivity index (χ1v) is 6.86. The van der Waals surface area contributed by atoms with Gasteiger partial charge in [-0.15, -0.1) is 0 Å². The molecule has 0 saturated heterocycles. The Morgan fingerprint density at radius 2 is 2.00 bits per heavy atom. The van der Waals surface area contributed by atoms with Gasteiger partial charge in [0, 0.05) is 27.4 Å². The number of primary amides is 1. The minimum absolute atomic E-state index is 0.286. The number of benzene rings is 1. The van der Waals surface area contributed by atoms with Gasteiger partial charge in [0.2, 0.25) is 5.91 Å². The molecule has 1 amide bonds. The van der Waals surface area contributed by atoms with Gasteiger partial charge in [-0.05, 0) is 63.4 Å². The monoisotopic (exact) mass is 362 g/mol. The summed E-state index contributed by atoms with van der Waals surface area (Å²) >= 11 is 6.88. The second kappa shape index (κ2) is 5.98. The fraction of sp³-hybridized carbons (Fsp3) is 0.417. The number of nitrogens with two attached hydrogens (primary N) is 1. The average molecular weight is 364 g/mol. The van der Waals surface area contributed by atoms with Crippen molar-refractivity contribution in [2.45, 2.75) is 32.4 Å². The highest BCUT2D eigenvalue weighted by Gasteiger charge is 2.19. The zero-order chi connectivity index (χ0) is 13.1. The molecule has 0 spiro atoms. The maximum absolute atomic E-state index is 10.9. The molecule has 0 radical (unpaired) electrons. The predicted molar refractivity (Wildman–Crippen MR) is 76.6 cm³/mol. The second-order valence-electron chi connectivity index (χ2n) is 4.63. The smallest absolute Gasteiger partial charge is 0.219 e. The molecule has 0 fully saturated rings. The third-order valence-electron chi connectivity index (χ3n) is 2.37. The van der Waals surface area contributed by atoms with Crippen molar-refractivity contribution in [1.29, 1.82) is 0 Å². The highest BCUT2D eigenvalue weighted by Crippen LogP contribution is 2.24. The summed E-state index contributed by atoms with van der Waals surface area (Å²) in [6.07, 6.45) is 0.324. The Kier molecular flexibility index (Phi) is 5.16. The molecule has 1 aromatic carbocycles. The second-order valence-corrected chi connectivity index (χ2v) is 6.34. The van der Waals surface area contributed by atoms with Crippen molar-refractivity contribution >= 4 is 37.8 Å². The topological polar surface area (TPSA) is 55.1 Å². The van der Waals surface area contributed by atoms with E-state index in [0.29, 0.717) is 13.0 Å². The van der Waals surface area contributed by atoms with Gasteiger partial charge in [-0.25, -0.2) is 0 Å². The van der Waals surface area contributed by atoms with Gasteiger partial charge in [0.15, 0.2) is 0 Å². The lowest BCUT2D eigenvalue weighted by atomic mass is 10.00. The fourth-order valence-electron chi connectivity index (χ4n) is 1.49. The van der Waals surface area contributed by atoms with E-state index < -0.39 is 0 Å². The Morgan fingerprint density at radius 1 is 1.35 bits per heavy atom. The van der Waals surface area contributed by atoms with Crippen molar-refractivity contribution in [3.63, 3.8) is 0 Å². The molecule has 0 aliphatic rings. The maximum Gasteiger partial charge on any atom is 0.219 e. The number of halogens is 2. The normalized spacial score (nSPS) is 11.5. The third-order valence-corrected chi connectivity index (χ3v) is 4.25. The van der Waals surface area contributed by atoms with Crippen molar-refractivity contribution in [2.24, 2.45) is 5.73 Å². The van der Waals surface area contributed by atoms with Crippen molar-refractivity contribution in [3.05, 3.63) is 32.7 Å². The van der Waals surface area contributed by atoms with Crippen LogP contribution < -0.4 is 11.1 Å². The van der Waals surface area contributed by atoms with Crippen LogP contribution in [0.5, 0.6) is 0 Å². The number of carbonyl (C=O) groups is 1. The Balaban J connectivity index is 2.60. The van der Waals surface area contributed by atoms with E-state index in [-0.39, 0.29) is 11.4 Å². The van der Waals surface area contributed by atoms with Crippen molar-refractivity contribution < 1.29 is 4.79 Å². The van der Waals surface area contributed by atoms with Crippen molar-refractivity contribution in [3.8, 4) is 0 Å². The first-order valence-electron chi connectivity index (χ1n) is 5.27. The van der Waals surface area contributed by atoms with E-state index in [9.17, 15) is 4.79 Å². The van der Waals surface area contributed by atoms with Gasteiger partial charge >= 0.3 is 0 Å². The molecule has 0 aromatic heterocycles. The quantitative estimate of drug-likeness (QED) is 0.844. The summed E-state index contributed by atoms with van der Waals surface area (Å²) in [6.45, 7) is 4.63.